The van der Waals surface area contributed by atoms with Crippen LogP contribution in [0.1, 0.15) is 69.2 Å². The summed E-state index contributed by atoms with van der Waals surface area (Å²) in [5.41, 5.74) is 5.44. The van der Waals surface area contributed by atoms with Gasteiger partial charge < -0.3 is 5.32 Å². The zero-order valence-electron chi connectivity index (χ0n) is 24.2. The molecule has 0 radical (unpaired) electrons. The monoisotopic (exact) mass is 513 g/mol. The maximum Gasteiger partial charge on any atom is 0.0702 e. The molecule has 2 fully saturated rings. The van der Waals surface area contributed by atoms with E-state index in [1.807, 2.05) is 0 Å². The fourth-order valence-corrected chi connectivity index (χ4v) is 7.02. The Labute approximate surface area is 230 Å². The molecule has 3 heterocycles. The second-order valence-electron chi connectivity index (χ2n) is 12.1. The van der Waals surface area contributed by atoms with Crippen LogP contribution < -0.4 is 5.32 Å². The molecule has 1 N–H and O–H groups in total. The van der Waals surface area contributed by atoms with Crippen LogP contribution in [0, 0.1) is 0 Å². The summed E-state index contributed by atoms with van der Waals surface area (Å²) >= 11 is 0. The minimum absolute atomic E-state index is 0.132. The normalized spacial score (nSPS) is 23.6. The lowest BCUT2D eigenvalue weighted by Gasteiger charge is -2.46. The van der Waals surface area contributed by atoms with Crippen LogP contribution in [0.2, 0.25) is 0 Å². The standard InChI is InChI=1S/C33H47N5/c1-6-10-32(38-22-25(2)35-26(3)23-38)29-20-28-19-27(13-14-31(28)34-21-29)24-37-17-15-33(16-18-37,36(4)5)30-11-8-7-9-12-30/h7-9,11-14,19-21,25-26,32,35H,6,10,15-18,22-24H2,1-5H3. The molecule has 0 bridgehead atoms. The fraction of sp³-hybridized carbons (Fsp3) is 0.545. The smallest absolute Gasteiger partial charge is 0.0702 e. The number of rotatable bonds is 8. The topological polar surface area (TPSA) is 34.6 Å². The maximum atomic E-state index is 4.92. The highest BCUT2D eigenvalue weighted by Crippen LogP contribution is 2.38. The van der Waals surface area contributed by atoms with Gasteiger partial charge in [0, 0.05) is 68.0 Å². The summed E-state index contributed by atoms with van der Waals surface area (Å²) in [5, 5.41) is 4.97. The molecule has 3 unspecified atom stereocenters. The van der Waals surface area contributed by atoms with Crippen LogP contribution in [-0.4, -0.2) is 72.0 Å². The Morgan fingerprint density at radius 1 is 1.00 bits per heavy atom. The second kappa shape index (κ2) is 11.8. The van der Waals surface area contributed by atoms with Crippen LogP contribution >= 0.6 is 0 Å². The summed E-state index contributed by atoms with van der Waals surface area (Å²) in [5.74, 6) is 0. The molecule has 2 aliphatic rings. The van der Waals surface area contributed by atoms with Gasteiger partial charge in [-0.05, 0) is 82.1 Å². The number of fused-ring (bicyclic) bond motifs is 1. The van der Waals surface area contributed by atoms with E-state index in [1.165, 1.54) is 34.9 Å². The first kappa shape index (κ1) is 27.3. The average molecular weight is 514 g/mol. The van der Waals surface area contributed by atoms with Crippen LogP contribution in [0.5, 0.6) is 0 Å². The molecule has 38 heavy (non-hydrogen) atoms. The van der Waals surface area contributed by atoms with E-state index in [2.05, 4.69) is 116 Å². The first-order valence-corrected chi connectivity index (χ1v) is 14.7. The van der Waals surface area contributed by atoms with Gasteiger partial charge in [-0.2, -0.15) is 0 Å². The summed E-state index contributed by atoms with van der Waals surface area (Å²) in [6.45, 7) is 12.3. The van der Waals surface area contributed by atoms with Crippen LogP contribution in [0.4, 0.5) is 0 Å². The van der Waals surface area contributed by atoms with E-state index < -0.39 is 0 Å². The molecule has 2 aliphatic heterocycles. The Bertz CT molecular complexity index is 1170. The molecule has 0 amide bonds. The number of piperidine rings is 1. The van der Waals surface area contributed by atoms with Gasteiger partial charge in [-0.25, -0.2) is 0 Å². The molecule has 1 aromatic heterocycles. The third-order valence-electron chi connectivity index (χ3n) is 9.00. The number of pyridine rings is 1. The number of benzene rings is 2. The number of aromatic nitrogens is 1. The predicted molar refractivity (Wildman–Crippen MR) is 159 cm³/mol. The molecule has 2 aromatic carbocycles. The summed E-state index contributed by atoms with van der Waals surface area (Å²) in [6, 6.07) is 21.9. The molecule has 5 heteroatoms. The third kappa shape index (κ3) is 5.81. The van der Waals surface area contributed by atoms with Gasteiger partial charge in [0.05, 0.1) is 5.52 Å². The Morgan fingerprint density at radius 3 is 2.37 bits per heavy atom. The van der Waals surface area contributed by atoms with Gasteiger partial charge in [-0.15, -0.1) is 0 Å². The molecule has 3 atom stereocenters. The third-order valence-corrected chi connectivity index (χ3v) is 9.00. The average Bonchev–Trinajstić information content (AvgIpc) is 2.91. The van der Waals surface area contributed by atoms with E-state index in [-0.39, 0.29) is 5.54 Å². The van der Waals surface area contributed by atoms with E-state index in [4.69, 9.17) is 4.98 Å². The van der Waals surface area contributed by atoms with Crippen LogP contribution in [0.25, 0.3) is 10.9 Å². The molecule has 2 saturated heterocycles. The van der Waals surface area contributed by atoms with Gasteiger partial charge in [0.2, 0.25) is 0 Å². The van der Waals surface area contributed by atoms with E-state index in [1.54, 1.807) is 0 Å². The molecule has 5 nitrogen and oxygen atoms in total. The minimum Gasteiger partial charge on any atom is -0.309 e. The summed E-state index contributed by atoms with van der Waals surface area (Å²) in [4.78, 5) is 12.7. The molecule has 0 aliphatic carbocycles. The van der Waals surface area contributed by atoms with Gasteiger partial charge in [0.15, 0.2) is 0 Å². The lowest BCUT2D eigenvalue weighted by atomic mass is 9.79. The van der Waals surface area contributed by atoms with Crippen molar-refractivity contribution in [1.29, 1.82) is 0 Å². The fourth-order valence-electron chi connectivity index (χ4n) is 7.02. The highest BCUT2D eigenvalue weighted by Gasteiger charge is 2.38. The van der Waals surface area contributed by atoms with Crippen molar-refractivity contribution >= 4 is 10.9 Å². The second-order valence-corrected chi connectivity index (χ2v) is 12.1. The molecule has 0 spiro atoms. The predicted octanol–water partition coefficient (Wildman–Crippen LogP) is 5.81. The first-order chi connectivity index (χ1) is 18.4. The summed E-state index contributed by atoms with van der Waals surface area (Å²) in [6.07, 6.45) is 6.80. The Morgan fingerprint density at radius 2 is 1.71 bits per heavy atom. The Kier molecular flexibility index (Phi) is 8.49. The molecule has 204 valence electrons. The van der Waals surface area contributed by atoms with Gasteiger partial charge in [0.1, 0.15) is 0 Å². The quantitative estimate of drug-likeness (QED) is 0.411. The Hall–Kier alpha value is -2.31. The van der Waals surface area contributed by atoms with Crippen molar-refractivity contribution in [3.63, 3.8) is 0 Å². The molecule has 3 aromatic rings. The summed E-state index contributed by atoms with van der Waals surface area (Å²) in [7, 11) is 4.48. The number of hydrogen-bond donors (Lipinski definition) is 1. The zero-order valence-corrected chi connectivity index (χ0v) is 24.2. The van der Waals surface area contributed by atoms with Crippen LogP contribution in [0.3, 0.4) is 0 Å². The molecule has 0 saturated carbocycles. The molecule has 5 rings (SSSR count). The lowest BCUT2D eigenvalue weighted by Crippen LogP contribution is -2.55. The number of nitrogens with one attached hydrogen (secondary N) is 1. The molecular formula is C33H47N5. The van der Waals surface area contributed by atoms with E-state index in [0.29, 0.717) is 18.1 Å². The van der Waals surface area contributed by atoms with E-state index in [0.717, 1.165) is 51.1 Å². The Balaban J connectivity index is 1.31. The van der Waals surface area contributed by atoms with Crippen molar-refractivity contribution in [2.75, 3.05) is 40.3 Å². The highest BCUT2D eigenvalue weighted by molar-refractivity contribution is 5.79. The van der Waals surface area contributed by atoms with Gasteiger partial charge >= 0.3 is 0 Å². The lowest BCUT2D eigenvalue weighted by molar-refractivity contribution is 0.0507. The first-order valence-electron chi connectivity index (χ1n) is 14.7. The van der Waals surface area contributed by atoms with Crippen LogP contribution in [0.15, 0.2) is 60.8 Å². The van der Waals surface area contributed by atoms with Crippen LogP contribution in [-0.2, 0) is 12.1 Å². The number of nitrogens with zero attached hydrogens (tertiary/aromatic N) is 4. The van der Waals surface area contributed by atoms with Crippen molar-refractivity contribution in [2.45, 2.75) is 76.7 Å². The van der Waals surface area contributed by atoms with Crippen molar-refractivity contribution in [3.05, 3.63) is 77.5 Å². The number of likely N-dealkylation sites (tertiary alicyclic amines) is 1. The van der Waals surface area contributed by atoms with Gasteiger partial charge in [-0.1, -0.05) is 49.7 Å². The minimum atomic E-state index is 0.132. The van der Waals surface area contributed by atoms with Crippen molar-refractivity contribution in [1.82, 2.24) is 25.0 Å². The van der Waals surface area contributed by atoms with E-state index >= 15 is 0 Å². The number of hydrogen-bond acceptors (Lipinski definition) is 5. The maximum absolute atomic E-state index is 4.92. The SMILES string of the molecule is CCCC(c1cnc2ccc(CN3CCC(c4ccccc4)(N(C)C)CC3)cc2c1)N1CC(C)NC(C)C1. The van der Waals surface area contributed by atoms with Crippen molar-refractivity contribution < 1.29 is 0 Å². The molecular weight excluding hydrogens is 466 g/mol. The number of piperazine rings is 1. The van der Waals surface area contributed by atoms with Gasteiger partial charge in [-0.3, -0.25) is 19.7 Å². The summed E-state index contributed by atoms with van der Waals surface area (Å²) < 4.78 is 0. The van der Waals surface area contributed by atoms with E-state index in [9.17, 15) is 0 Å². The van der Waals surface area contributed by atoms with Gasteiger partial charge in [0.25, 0.3) is 0 Å². The van der Waals surface area contributed by atoms with Crippen molar-refractivity contribution in [2.24, 2.45) is 0 Å². The largest absolute Gasteiger partial charge is 0.309 e. The van der Waals surface area contributed by atoms with Crippen molar-refractivity contribution in [3.8, 4) is 0 Å². The highest BCUT2D eigenvalue weighted by atomic mass is 15.2. The zero-order chi connectivity index (χ0) is 26.7.